The highest BCUT2D eigenvalue weighted by molar-refractivity contribution is 7.91. The molecule has 0 spiro atoms. The molecule has 1 aromatic rings. The number of piperazine rings is 1. The predicted molar refractivity (Wildman–Crippen MR) is 68.0 cm³/mol. The first-order valence-electron chi connectivity index (χ1n) is 5.58. The van der Waals surface area contributed by atoms with Crippen LogP contribution in [0.15, 0.2) is 16.3 Å². The normalized spacial score (nSPS) is 29.7. The summed E-state index contributed by atoms with van der Waals surface area (Å²) in [6.07, 6.45) is 1.91. The van der Waals surface area contributed by atoms with Crippen molar-refractivity contribution in [3.63, 3.8) is 0 Å². The van der Waals surface area contributed by atoms with Crippen LogP contribution in [-0.4, -0.2) is 37.9 Å². The van der Waals surface area contributed by atoms with E-state index in [9.17, 15) is 8.42 Å². The minimum atomic E-state index is -3.35. The molecule has 0 radical (unpaired) electrons. The molecule has 1 aromatic heterocycles. The van der Waals surface area contributed by atoms with Crippen LogP contribution in [0.4, 0.5) is 0 Å². The first-order chi connectivity index (χ1) is 8.09. The van der Waals surface area contributed by atoms with Crippen molar-refractivity contribution in [2.24, 2.45) is 0 Å². The molecule has 0 amide bonds. The molecule has 7 heteroatoms. The summed E-state index contributed by atoms with van der Waals surface area (Å²) in [5.74, 6) is 0. The van der Waals surface area contributed by atoms with Gasteiger partial charge in [-0.05, 0) is 25.0 Å². The van der Waals surface area contributed by atoms with E-state index in [1.807, 2.05) is 0 Å². The van der Waals surface area contributed by atoms with E-state index in [2.05, 4.69) is 5.32 Å². The molecular weight excluding hydrogens is 280 g/mol. The molecule has 3 heterocycles. The van der Waals surface area contributed by atoms with Crippen LogP contribution in [0, 0.1) is 0 Å². The average Bonchev–Trinajstić information content (AvgIpc) is 2.82. The summed E-state index contributed by atoms with van der Waals surface area (Å²) in [6.45, 7) is 1.52. The van der Waals surface area contributed by atoms with Crippen LogP contribution in [0.2, 0.25) is 4.34 Å². The van der Waals surface area contributed by atoms with Crippen molar-refractivity contribution >= 4 is 33.0 Å². The van der Waals surface area contributed by atoms with Gasteiger partial charge in [-0.2, -0.15) is 4.31 Å². The number of nitrogens with one attached hydrogen (secondary N) is 1. The molecule has 2 atom stereocenters. The second-order valence-corrected chi connectivity index (χ2v) is 8.22. The Morgan fingerprint density at radius 1 is 1.29 bits per heavy atom. The molecule has 1 N–H and O–H groups in total. The molecule has 2 saturated heterocycles. The Morgan fingerprint density at radius 2 is 1.94 bits per heavy atom. The summed E-state index contributed by atoms with van der Waals surface area (Å²) >= 11 is 6.95. The zero-order valence-electron chi connectivity index (χ0n) is 9.10. The van der Waals surface area contributed by atoms with Crippen molar-refractivity contribution in [1.82, 2.24) is 9.62 Å². The van der Waals surface area contributed by atoms with E-state index >= 15 is 0 Å². The number of thiophene rings is 1. The minimum Gasteiger partial charge on any atom is -0.314 e. The molecule has 2 bridgehead atoms. The zero-order chi connectivity index (χ0) is 12.0. The van der Waals surface area contributed by atoms with Gasteiger partial charge in [-0.3, -0.25) is 0 Å². The van der Waals surface area contributed by atoms with Crippen LogP contribution < -0.4 is 5.32 Å². The summed E-state index contributed by atoms with van der Waals surface area (Å²) < 4.78 is 27.6. The van der Waals surface area contributed by atoms with E-state index in [4.69, 9.17) is 11.6 Å². The number of sulfonamides is 1. The Balaban J connectivity index is 1.98. The fraction of sp³-hybridized carbons (Fsp3) is 0.600. The van der Waals surface area contributed by atoms with Gasteiger partial charge in [0.1, 0.15) is 4.21 Å². The second-order valence-electron chi connectivity index (χ2n) is 4.44. The summed E-state index contributed by atoms with van der Waals surface area (Å²) in [5, 5.41) is 3.28. The molecule has 4 nitrogen and oxygen atoms in total. The summed E-state index contributed by atoms with van der Waals surface area (Å²) in [4.78, 5) is 0. The number of rotatable bonds is 2. The third kappa shape index (κ3) is 1.92. The van der Waals surface area contributed by atoms with Gasteiger partial charge < -0.3 is 5.32 Å². The van der Waals surface area contributed by atoms with Crippen LogP contribution >= 0.6 is 22.9 Å². The molecule has 2 unspecified atom stereocenters. The van der Waals surface area contributed by atoms with Crippen molar-refractivity contribution in [1.29, 1.82) is 0 Å². The molecule has 2 aliphatic heterocycles. The van der Waals surface area contributed by atoms with Gasteiger partial charge >= 0.3 is 0 Å². The molecule has 17 heavy (non-hydrogen) atoms. The van der Waals surface area contributed by atoms with Crippen LogP contribution in [0.5, 0.6) is 0 Å². The van der Waals surface area contributed by atoms with Gasteiger partial charge in [0, 0.05) is 25.2 Å². The van der Waals surface area contributed by atoms with E-state index in [1.54, 1.807) is 16.4 Å². The standard InChI is InChI=1S/C10H13ClN2O2S2/c11-9-3-4-10(16-9)17(14,15)13-7-1-2-8(13)6-12-5-7/h3-4,7-8,12H,1-2,5-6H2. The molecule has 2 fully saturated rings. The SMILES string of the molecule is O=S(=O)(c1ccc(Cl)s1)N1C2CCC1CNC2. The van der Waals surface area contributed by atoms with Gasteiger partial charge in [0.2, 0.25) is 0 Å². The molecule has 0 aromatic carbocycles. The molecule has 3 rings (SSSR count). The van der Waals surface area contributed by atoms with Crippen molar-refractivity contribution in [3.05, 3.63) is 16.5 Å². The lowest BCUT2D eigenvalue weighted by Crippen LogP contribution is -2.53. The largest absolute Gasteiger partial charge is 0.314 e. The van der Waals surface area contributed by atoms with Crippen molar-refractivity contribution in [2.75, 3.05) is 13.1 Å². The minimum absolute atomic E-state index is 0.111. The van der Waals surface area contributed by atoms with E-state index in [0.29, 0.717) is 8.55 Å². The van der Waals surface area contributed by atoms with Gasteiger partial charge in [0.15, 0.2) is 0 Å². The van der Waals surface area contributed by atoms with Gasteiger partial charge in [0.05, 0.1) is 4.34 Å². The number of fused-ring (bicyclic) bond motifs is 2. The zero-order valence-corrected chi connectivity index (χ0v) is 11.5. The lowest BCUT2D eigenvalue weighted by molar-refractivity contribution is 0.264. The lowest BCUT2D eigenvalue weighted by Gasteiger charge is -2.33. The number of hydrogen-bond acceptors (Lipinski definition) is 4. The van der Waals surface area contributed by atoms with Gasteiger partial charge in [-0.1, -0.05) is 11.6 Å². The molecule has 0 saturated carbocycles. The Bertz CT molecular complexity index is 512. The second kappa shape index (κ2) is 4.20. The van der Waals surface area contributed by atoms with E-state index in [-0.39, 0.29) is 12.1 Å². The Morgan fingerprint density at radius 3 is 2.47 bits per heavy atom. The Hall–Kier alpha value is -0.140. The Kier molecular flexibility index (Phi) is 2.95. The number of halogens is 1. The highest BCUT2D eigenvalue weighted by Gasteiger charge is 2.44. The number of hydrogen-bond donors (Lipinski definition) is 1. The molecule has 2 aliphatic rings. The van der Waals surface area contributed by atoms with Crippen LogP contribution in [0.25, 0.3) is 0 Å². The first-order valence-corrected chi connectivity index (χ1v) is 8.22. The maximum absolute atomic E-state index is 12.5. The summed E-state index contributed by atoms with van der Waals surface area (Å²) in [5.41, 5.74) is 0. The predicted octanol–water partition coefficient (Wildman–Crippen LogP) is 1.53. The van der Waals surface area contributed by atoms with Crippen molar-refractivity contribution < 1.29 is 8.42 Å². The van der Waals surface area contributed by atoms with Crippen LogP contribution in [0.3, 0.4) is 0 Å². The quantitative estimate of drug-likeness (QED) is 0.899. The van der Waals surface area contributed by atoms with Gasteiger partial charge in [-0.15, -0.1) is 11.3 Å². The molecule has 0 aliphatic carbocycles. The number of nitrogens with zero attached hydrogens (tertiary/aromatic N) is 1. The van der Waals surface area contributed by atoms with Gasteiger partial charge in [-0.25, -0.2) is 8.42 Å². The lowest BCUT2D eigenvalue weighted by atomic mass is 10.2. The highest BCUT2D eigenvalue weighted by Crippen LogP contribution is 2.35. The fourth-order valence-electron chi connectivity index (χ4n) is 2.67. The maximum atomic E-state index is 12.5. The van der Waals surface area contributed by atoms with Crippen LogP contribution in [0.1, 0.15) is 12.8 Å². The van der Waals surface area contributed by atoms with Gasteiger partial charge in [0.25, 0.3) is 10.0 Å². The van der Waals surface area contributed by atoms with Crippen molar-refractivity contribution in [2.45, 2.75) is 29.1 Å². The van der Waals surface area contributed by atoms with E-state index in [1.165, 1.54) is 0 Å². The van der Waals surface area contributed by atoms with E-state index in [0.717, 1.165) is 37.3 Å². The summed E-state index contributed by atoms with van der Waals surface area (Å²) in [7, 11) is -3.35. The Labute approximate surface area is 110 Å². The smallest absolute Gasteiger partial charge is 0.253 e. The first kappa shape index (κ1) is 11.9. The van der Waals surface area contributed by atoms with Crippen molar-refractivity contribution in [3.8, 4) is 0 Å². The topological polar surface area (TPSA) is 49.4 Å². The fourth-order valence-corrected chi connectivity index (χ4v) is 6.13. The highest BCUT2D eigenvalue weighted by atomic mass is 35.5. The van der Waals surface area contributed by atoms with E-state index < -0.39 is 10.0 Å². The molecule has 94 valence electrons. The third-order valence-electron chi connectivity index (χ3n) is 3.39. The van der Waals surface area contributed by atoms with Crippen LogP contribution in [-0.2, 0) is 10.0 Å². The summed E-state index contributed by atoms with van der Waals surface area (Å²) in [6, 6.07) is 3.46. The molecular formula is C10H13ClN2O2S2. The third-order valence-corrected chi connectivity index (χ3v) is 7.10. The monoisotopic (exact) mass is 292 g/mol. The maximum Gasteiger partial charge on any atom is 0.253 e. The average molecular weight is 293 g/mol.